The summed E-state index contributed by atoms with van der Waals surface area (Å²) in [6, 6.07) is 0. The summed E-state index contributed by atoms with van der Waals surface area (Å²) in [5.41, 5.74) is 0.111. The predicted octanol–water partition coefficient (Wildman–Crippen LogP) is 1.51. The molecule has 1 aliphatic heterocycles. The van der Waals surface area contributed by atoms with E-state index in [0.29, 0.717) is 13.0 Å². The molecule has 0 bridgehead atoms. The van der Waals surface area contributed by atoms with E-state index in [9.17, 15) is 9.59 Å². The molecule has 1 fully saturated rings. The van der Waals surface area contributed by atoms with E-state index >= 15 is 0 Å². The lowest BCUT2D eigenvalue weighted by molar-refractivity contribution is -0.166. The van der Waals surface area contributed by atoms with Crippen molar-refractivity contribution in [1.82, 2.24) is 4.90 Å². The van der Waals surface area contributed by atoms with Crippen LogP contribution in [0.5, 0.6) is 0 Å². The molecule has 0 aromatic heterocycles. The van der Waals surface area contributed by atoms with Crippen LogP contribution in [0.25, 0.3) is 0 Å². The van der Waals surface area contributed by atoms with Gasteiger partial charge in [-0.25, -0.2) is 4.79 Å². The number of rotatable bonds is 3. The lowest BCUT2D eigenvalue weighted by Crippen LogP contribution is -2.51. The molecule has 1 aliphatic rings. The second-order valence-corrected chi connectivity index (χ2v) is 6.13. The Morgan fingerprint density at radius 1 is 1.33 bits per heavy atom. The van der Waals surface area contributed by atoms with Crippen LogP contribution in [0.1, 0.15) is 40.5 Å². The van der Waals surface area contributed by atoms with Crippen molar-refractivity contribution in [3.8, 4) is 0 Å². The number of hydrogen-bond donors (Lipinski definition) is 1. The van der Waals surface area contributed by atoms with E-state index in [1.54, 1.807) is 11.8 Å². The Bertz CT molecular complexity index is 321. The van der Waals surface area contributed by atoms with Crippen LogP contribution in [0.4, 0.5) is 0 Å². The average Bonchev–Trinajstić information content (AvgIpc) is 2.23. The van der Waals surface area contributed by atoms with Gasteiger partial charge in [0.1, 0.15) is 0 Å². The van der Waals surface area contributed by atoms with E-state index in [1.807, 2.05) is 0 Å². The van der Waals surface area contributed by atoms with Crippen molar-refractivity contribution in [3.63, 3.8) is 0 Å². The van der Waals surface area contributed by atoms with Crippen LogP contribution in [-0.2, 0) is 14.3 Å². The topological polar surface area (TPSA) is 66.8 Å². The highest BCUT2D eigenvalue weighted by atomic mass is 16.5. The van der Waals surface area contributed by atoms with Crippen LogP contribution in [0.15, 0.2) is 0 Å². The van der Waals surface area contributed by atoms with Gasteiger partial charge < -0.3 is 14.7 Å². The van der Waals surface area contributed by atoms with E-state index in [4.69, 9.17) is 9.84 Å². The minimum atomic E-state index is -1.00. The van der Waals surface area contributed by atoms with Gasteiger partial charge >= 0.3 is 5.97 Å². The Morgan fingerprint density at radius 2 is 1.94 bits per heavy atom. The maximum atomic E-state index is 12.0. The van der Waals surface area contributed by atoms with Crippen molar-refractivity contribution in [2.75, 3.05) is 13.1 Å². The molecule has 5 nitrogen and oxygen atoms in total. The van der Waals surface area contributed by atoms with Gasteiger partial charge in [0.15, 0.2) is 6.10 Å². The number of ether oxygens (including phenoxy) is 1. The van der Waals surface area contributed by atoms with E-state index in [1.165, 1.54) is 0 Å². The van der Waals surface area contributed by atoms with E-state index in [-0.39, 0.29) is 24.0 Å². The molecule has 2 atom stereocenters. The molecule has 5 heteroatoms. The summed E-state index contributed by atoms with van der Waals surface area (Å²) in [5, 5.41) is 8.95. The van der Waals surface area contributed by atoms with Crippen molar-refractivity contribution < 1.29 is 19.4 Å². The first-order valence-corrected chi connectivity index (χ1v) is 6.35. The van der Waals surface area contributed by atoms with Gasteiger partial charge in [0.2, 0.25) is 5.91 Å². The van der Waals surface area contributed by atoms with E-state index < -0.39 is 12.1 Å². The summed E-state index contributed by atoms with van der Waals surface area (Å²) in [4.78, 5) is 24.6. The van der Waals surface area contributed by atoms with Crippen LogP contribution in [0.2, 0.25) is 0 Å². The quantitative estimate of drug-likeness (QED) is 0.832. The Morgan fingerprint density at radius 3 is 2.44 bits per heavy atom. The van der Waals surface area contributed by atoms with Gasteiger partial charge in [-0.3, -0.25) is 4.79 Å². The normalized spacial score (nSPS) is 25.0. The van der Waals surface area contributed by atoms with Gasteiger partial charge in [-0.2, -0.15) is 0 Å². The third-order valence-corrected chi connectivity index (χ3v) is 2.98. The summed E-state index contributed by atoms with van der Waals surface area (Å²) >= 11 is 0. The molecule has 18 heavy (non-hydrogen) atoms. The zero-order chi connectivity index (χ0) is 13.9. The number of aliphatic carboxylic acids is 1. The molecule has 0 radical (unpaired) electrons. The fraction of sp³-hybridized carbons (Fsp3) is 0.846. The molecule has 0 aromatic rings. The predicted molar refractivity (Wildman–Crippen MR) is 67.2 cm³/mol. The van der Waals surface area contributed by atoms with Gasteiger partial charge in [-0.05, 0) is 18.8 Å². The van der Waals surface area contributed by atoms with Crippen LogP contribution >= 0.6 is 0 Å². The number of carboxylic acid groups (broad SMARTS) is 1. The number of hydrogen-bond acceptors (Lipinski definition) is 3. The Kier molecular flexibility index (Phi) is 4.73. The lowest BCUT2D eigenvalue weighted by atomic mass is 9.90. The lowest BCUT2D eigenvalue weighted by Gasteiger charge is -2.35. The standard InChI is InChI=1S/C13H23NO4/c1-9-7-14(8-10(18-9)12(16)17)11(15)5-6-13(2,3)4/h9-10H,5-8H2,1-4H3,(H,16,17)/t9-,10?/m1/s1. The molecule has 1 N–H and O–H groups in total. The molecule has 1 saturated heterocycles. The summed E-state index contributed by atoms with van der Waals surface area (Å²) in [6.07, 6.45) is 0.142. The first kappa shape index (κ1) is 15.0. The molecule has 104 valence electrons. The molecule has 0 aromatic carbocycles. The Balaban J connectivity index is 2.54. The molecule has 1 rings (SSSR count). The second kappa shape index (κ2) is 5.69. The Labute approximate surface area is 108 Å². The molecule has 0 saturated carbocycles. The zero-order valence-corrected chi connectivity index (χ0v) is 11.6. The molecule has 1 amide bonds. The fourth-order valence-electron chi connectivity index (χ4n) is 1.93. The van der Waals surface area contributed by atoms with Gasteiger partial charge in [0.05, 0.1) is 12.6 Å². The van der Waals surface area contributed by atoms with Crippen molar-refractivity contribution in [1.29, 1.82) is 0 Å². The molecule has 1 heterocycles. The Hall–Kier alpha value is -1.10. The summed E-state index contributed by atoms with van der Waals surface area (Å²) < 4.78 is 5.28. The van der Waals surface area contributed by atoms with E-state index in [0.717, 1.165) is 6.42 Å². The number of amides is 1. The third-order valence-electron chi connectivity index (χ3n) is 2.98. The fourth-order valence-corrected chi connectivity index (χ4v) is 1.93. The van der Waals surface area contributed by atoms with Crippen LogP contribution < -0.4 is 0 Å². The van der Waals surface area contributed by atoms with Crippen molar-refractivity contribution >= 4 is 11.9 Å². The number of carbonyl (C=O) groups excluding carboxylic acids is 1. The van der Waals surface area contributed by atoms with Gasteiger partial charge in [0.25, 0.3) is 0 Å². The number of carbonyl (C=O) groups is 2. The van der Waals surface area contributed by atoms with Crippen molar-refractivity contribution in [2.24, 2.45) is 5.41 Å². The highest BCUT2D eigenvalue weighted by Crippen LogP contribution is 2.22. The van der Waals surface area contributed by atoms with Crippen LogP contribution in [0, 0.1) is 5.41 Å². The van der Waals surface area contributed by atoms with Crippen molar-refractivity contribution in [2.45, 2.75) is 52.7 Å². The third kappa shape index (κ3) is 4.64. The molecular formula is C13H23NO4. The maximum absolute atomic E-state index is 12.0. The summed E-state index contributed by atoms with van der Waals surface area (Å²) in [7, 11) is 0. The van der Waals surface area contributed by atoms with Gasteiger partial charge in [-0.1, -0.05) is 20.8 Å². The second-order valence-electron chi connectivity index (χ2n) is 6.13. The summed E-state index contributed by atoms with van der Waals surface area (Å²) in [6.45, 7) is 8.68. The van der Waals surface area contributed by atoms with Crippen LogP contribution in [0.3, 0.4) is 0 Å². The highest BCUT2D eigenvalue weighted by molar-refractivity contribution is 5.78. The number of morpholine rings is 1. The molecule has 0 aliphatic carbocycles. The number of nitrogens with zero attached hydrogens (tertiary/aromatic N) is 1. The first-order chi connectivity index (χ1) is 8.19. The molecular weight excluding hydrogens is 234 g/mol. The smallest absolute Gasteiger partial charge is 0.334 e. The average molecular weight is 257 g/mol. The van der Waals surface area contributed by atoms with Crippen molar-refractivity contribution in [3.05, 3.63) is 0 Å². The minimum Gasteiger partial charge on any atom is -0.479 e. The SMILES string of the molecule is C[C@@H]1CN(C(=O)CCC(C)(C)C)CC(C(=O)O)O1. The largest absolute Gasteiger partial charge is 0.479 e. The summed E-state index contributed by atoms with van der Waals surface area (Å²) in [5.74, 6) is -0.985. The van der Waals surface area contributed by atoms with E-state index in [2.05, 4.69) is 20.8 Å². The van der Waals surface area contributed by atoms with Crippen LogP contribution in [-0.4, -0.2) is 47.2 Å². The monoisotopic (exact) mass is 257 g/mol. The van der Waals surface area contributed by atoms with Gasteiger partial charge in [0, 0.05) is 13.0 Å². The first-order valence-electron chi connectivity index (χ1n) is 6.35. The van der Waals surface area contributed by atoms with Gasteiger partial charge in [-0.15, -0.1) is 0 Å². The molecule has 0 spiro atoms. The maximum Gasteiger partial charge on any atom is 0.334 e. The highest BCUT2D eigenvalue weighted by Gasteiger charge is 2.32. The minimum absolute atomic E-state index is 0.0197. The molecule has 1 unspecified atom stereocenters. The number of carboxylic acids is 1. The zero-order valence-electron chi connectivity index (χ0n) is 11.6.